The van der Waals surface area contributed by atoms with Crippen molar-refractivity contribution < 1.29 is 9.53 Å². The summed E-state index contributed by atoms with van der Waals surface area (Å²) in [6, 6.07) is 14.1. The van der Waals surface area contributed by atoms with Gasteiger partial charge in [-0.3, -0.25) is 9.59 Å². The Labute approximate surface area is 171 Å². The number of benzene rings is 2. The number of carbonyl (C=O) groups is 1. The molecule has 1 aromatic heterocycles. The van der Waals surface area contributed by atoms with Crippen molar-refractivity contribution in [2.24, 2.45) is 0 Å². The molecule has 0 saturated heterocycles. The van der Waals surface area contributed by atoms with E-state index in [4.69, 9.17) is 27.9 Å². The molecule has 0 aliphatic heterocycles. The lowest BCUT2D eigenvalue weighted by molar-refractivity contribution is -0.119. The van der Waals surface area contributed by atoms with E-state index in [-0.39, 0.29) is 5.56 Å². The van der Waals surface area contributed by atoms with Gasteiger partial charge in [-0.1, -0.05) is 23.2 Å². The number of hydrogen-bond acceptors (Lipinski definition) is 4. The second-order valence-electron chi connectivity index (χ2n) is 6.05. The molecule has 1 atom stereocenters. The highest BCUT2D eigenvalue weighted by atomic mass is 35.5. The van der Waals surface area contributed by atoms with Gasteiger partial charge in [0.05, 0.1) is 12.8 Å². The van der Waals surface area contributed by atoms with Gasteiger partial charge in [-0.2, -0.15) is 5.10 Å². The highest BCUT2D eigenvalue weighted by molar-refractivity contribution is 6.35. The van der Waals surface area contributed by atoms with Gasteiger partial charge in [0.15, 0.2) is 0 Å². The molecule has 8 heteroatoms. The largest absolute Gasteiger partial charge is 0.497 e. The number of aromatic nitrogens is 2. The van der Waals surface area contributed by atoms with Crippen LogP contribution in [0.2, 0.25) is 10.0 Å². The van der Waals surface area contributed by atoms with Crippen LogP contribution in [0.25, 0.3) is 11.3 Å². The first-order valence-corrected chi connectivity index (χ1v) is 9.14. The molecule has 1 N–H and O–H groups in total. The molecule has 3 aromatic rings. The minimum atomic E-state index is -0.844. The van der Waals surface area contributed by atoms with Crippen LogP contribution in [0.5, 0.6) is 5.75 Å². The standard InChI is InChI=1S/C20H17Cl2N3O3/c1-12(20(27)23-16-10-14(21)9-15(22)11-16)25-19(26)8-7-18(24-25)13-3-5-17(28-2)6-4-13/h3-12H,1-2H3,(H,23,27). The van der Waals surface area contributed by atoms with Crippen LogP contribution in [0, 0.1) is 0 Å². The van der Waals surface area contributed by atoms with E-state index < -0.39 is 11.9 Å². The number of nitrogens with one attached hydrogen (secondary N) is 1. The molecule has 0 spiro atoms. The zero-order valence-electron chi connectivity index (χ0n) is 15.1. The van der Waals surface area contributed by atoms with Gasteiger partial charge < -0.3 is 10.1 Å². The molecule has 28 heavy (non-hydrogen) atoms. The summed E-state index contributed by atoms with van der Waals surface area (Å²) in [5.41, 5.74) is 1.41. The van der Waals surface area contributed by atoms with Gasteiger partial charge >= 0.3 is 0 Å². The SMILES string of the molecule is COc1ccc(-c2ccc(=O)n(C(C)C(=O)Nc3cc(Cl)cc(Cl)c3)n2)cc1. The van der Waals surface area contributed by atoms with E-state index in [1.807, 2.05) is 12.1 Å². The number of amides is 1. The normalized spacial score (nSPS) is 11.7. The van der Waals surface area contributed by atoms with E-state index >= 15 is 0 Å². The minimum Gasteiger partial charge on any atom is -0.497 e. The van der Waals surface area contributed by atoms with Crippen LogP contribution in [-0.4, -0.2) is 22.8 Å². The first kappa shape index (κ1) is 19.9. The van der Waals surface area contributed by atoms with E-state index in [0.29, 0.717) is 27.2 Å². The number of rotatable bonds is 5. The number of carbonyl (C=O) groups excluding carboxylic acids is 1. The van der Waals surface area contributed by atoms with E-state index in [9.17, 15) is 9.59 Å². The maximum atomic E-state index is 12.6. The number of hydrogen-bond donors (Lipinski definition) is 1. The summed E-state index contributed by atoms with van der Waals surface area (Å²) in [6.45, 7) is 1.59. The molecule has 144 valence electrons. The van der Waals surface area contributed by atoms with Gasteiger partial charge in [-0.05, 0) is 55.5 Å². The summed E-state index contributed by atoms with van der Waals surface area (Å²) in [7, 11) is 1.58. The molecular weight excluding hydrogens is 401 g/mol. The summed E-state index contributed by atoms with van der Waals surface area (Å²) in [5.74, 6) is 0.296. The minimum absolute atomic E-state index is 0.385. The molecule has 1 amide bonds. The molecular formula is C20H17Cl2N3O3. The monoisotopic (exact) mass is 417 g/mol. The summed E-state index contributed by atoms with van der Waals surface area (Å²) < 4.78 is 6.28. The van der Waals surface area contributed by atoms with Crippen LogP contribution in [-0.2, 0) is 4.79 Å². The number of ether oxygens (including phenoxy) is 1. The lowest BCUT2D eigenvalue weighted by atomic mass is 10.1. The second kappa shape index (κ2) is 8.46. The van der Waals surface area contributed by atoms with E-state index in [1.54, 1.807) is 50.4 Å². The Bertz CT molecular complexity index is 1040. The first-order valence-electron chi connectivity index (χ1n) is 8.38. The van der Waals surface area contributed by atoms with Crippen molar-refractivity contribution in [3.05, 3.63) is 75.0 Å². The summed E-state index contributed by atoms with van der Waals surface area (Å²) in [5, 5.41) is 7.84. The predicted octanol–water partition coefficient (Wildman–Crippen LogP) is 4.43. The molecule has 1 unspecified atom stereocenters. The van der Waals surface area contributed by atoms with Crippen molar-refractivity contribution >= 4 is 34.8 Å². The Balaban J connectivity index is 1.86. The van der Waals surface area contributed by atoms with Gasteiger partial charge in [-0.15, -0.1) is 0 Å². The average Bonchev–Trinajstić information content (AvgIpc) is 2.67. The fourth-order valence-corrected chi connectivity index (χ4v) is 3.13. The molecule has 0 bridgehead atoms. The third kappa shape index (κ3) is 4.52. The molecule has 0 aliphatic rings. The number of halogens is 2. The molecule has 0 aliphatic carbocycles. The van der Waals surface area contributed by atoms with E-state index in [2.05, 4.69) is 10.4 Å². The van der Waals surface area contributed by atoms with Crippen molar-refractivity contribution in [3.63, 3.8) is 0 Å². The van der Waals surface area contributed by atoms with Crippen LogP contribution < -0.4 is 15.6 Å². The van der Waals surface area contributed by atoms with Crippen molar-refractivity contribution in [1.82, 2.24) is 9.78 Å². The average molecular weight is 418 g/mol. The third-order valence-corrected chi connectivity index (χ3v) is 4.52. The van der Waals surface area contributed by atoms with E-state index in [0.717, 1.165) is 10.2 Å². The summed E-state index contributed by atoms with van der Waals surface area (Å²) in [6.07, 6.45) is 0. The fraction of sp³-hybridized carbons (Fsp3) is 0.150. The lowest BCUT2D eigenvalue weighted by Crippen LogP contribution is -2.33. The number of nitrogens with zero attached hydrogens (tertiary/aromatic N) is 2. The first-order chi connectivity index (χ1) is 13.4. The van der Waals surface area contributed by atoms with Crippen LogP contribution in [0.3, 0.4) is 0 Å². The van der Waals surface area contributed by atoms with Crippen LogP contribution in [0.1, 0.15) is 13.0 Å². The maximum Gasteiger partial charge on any atom is 0.267 e. The molecule has 1 heterocycles. The van der Waals surface area contributed by atoms with E-state index in [1.165, 1.54) is 6.07 Å². The van der Waals surface area contributed by atoms with Gasteiger partial charge in [-0.25, -0.2) is 4.68 Å². The molecule has 3 rings (SSSR count). The smallest absolute Gasteiger partial charge is 0.267 e. The quantitative estimate of drug-likeness (QED) is 0.666. The fourth-order valence-electron chi connectivity index (χ4n) is 2.60. The molecule has 6 nitrogen and oxygen atoms in total. The summed E-state index contributed by atoms with van der Waals surface area (Å²) in [4.78, 5) is 24.9. The molecule has 0 saturated carbocycles. The van der Waals surface area contributed by atoms with Crippen molar-refractivity contribution in [1.29, 1.82) is 0 Å². The molecule has 0 radical (unpaired) electrons. The Morgan fingerprint density at radius 2 is 1.71 bits per heavy atom. The number of methoxy groups -OCH3 is 1. The number of anilines is 1. The highest BCUT2D eigenvalue weighted by Crippen LogP contribution is 2.23. The van der Waals surface area contributed by atoms with Crippen molar-refractivity contribution in [2.75, 3.05) is 12.4 Å². The topological polar surface area (TPSA) is 73.2 Å². The van der Waals surface area contributed by atoms with Crippen LogP contribution in [0.4, 0.5) is 5.69 Å². The lowest BCUT2D eigenvalue weighted by Gasteiger charge is -2.15. The molecule has 0 fully saturated rings. The van der Waals surface area contributed by atoms with Crippen LogP contribution in [0.15, 0.2) is 59.4 Å². The van der Waals surface area contributed by atoms with Crippen LogP contribution >= 0.6 is 23.2 Å². The Hall–Kier alpha value is -2.83. The van der Waals surface area contributed by atoms with Crippen molar-refractivity contribution in [2.45, 2.75) is 13.0 Å². The predicted molar refractivity (Wildman–Crippen MR) is 110 cm³/mol. The van der Waals surface area contributed by atoms with Gasteiger partial charge in [0, 0.05) is 27.4 Å². The summed E-state index contributed by atoms with van der Waals surface area (Å²) >= 11 is 11.9. The zero-order chi connectivity index (χ0) is 20.3. The highest BCUT2D eigenvalue weighted by Gasteiger charge is 2.18. The maximum absolute atomic E-state index is 12.6. The second-order valence-corrected chi connectivity index (χ2v) is 6.93. The Morgan fingerprint density at radius 1 is 1.07 bits per heavy atom. The van der Waals surface area contributed by atoms with Gasteiger partial charge in [0.25, 0.3) is 5.56 Å². The third-order valence-electron chi connectivity index (χ3n) is 4.09. The van der Waals surface area contributed by atoms with Gasteiger partial charge in [0.1, 0.15) is 11.8 Å². The molecule has 2 aromatic carbocycles. The Kier molecular flexibility index (Phi) is 6.02. The van der Waals surface area contributed by atoms with Crippen molar-refractivity contribution in [3.8, 4) is 17.0 Å². The van der Waals surface area contributed by atoms with Gasteiger partial charge in [0.2, 0.25) is 5.91 Å². The Morgan fingerprint density at radius 3 is 2.32 bits per heavy atom. The zero-order valence-corrected chi connectivity index (χ0v) is 16.7.